The van der Waals surface area contributed by atoms with E-state index in [4.69, 9.17) is 4.74 Å². The van der Waals surface area contributed by atoms with Gasteiger partial charge in [0, 0.05) is 24.7 Å². The van der Waals surface area contributed by atoms with Crippen LogP contribution in [-0.4, -0.2) is 48.5 Å². The fourth-order valence-electron chi connectivity index (χ4n) is 3.67. The molecule has 1 amide bonds. The minimum Gasteiger partial charge on any atom is -0.487 e. The number of carbonyl (C=O) groups is 1. The lowest BCUT2D eigenvalue weighted by Gasteiger charge is -2.21. The van der Waals surface area contributed by atoms with E-state index in [2.05, 4.69) is 5.32 Å². The first-order chi connectivity index (χ1) is 11.6. The molecule has 1 aromatic rings. The lowest BCUT2D eigenvalue weighted by atomic mass is 9.92. The predicted molar refractivity (Wildman–Crippen MR) is 89.3 cm³/mol. The molecule has 1 N–H and O–H groups in total. The number of benzene rings is 1. The lowest BCUT2D eigenvalue weighted by Crippen LogP contribution is -2.32. The number of nitrogens with zero attached hydrogens (tertiary/aromatic N) is 2. The number of amides is 1. The summed E-state index contributed by atoms with van der Waals surface area (Å²) >= 11 is 0. The van der Waals surface area contributed by atoms with Gasteiger partial charge in [0.15, 0.2) is 5.75 Å². The normalized spacial score (nSPS) is 23.5. The molecule has 130 valence electrons. The zero-order chi connectivity index (χ0) is 17.1. The van der Waals surface area contributed by atoms with Crippen LogP contribution >= 0.6 is 0 Å². The van der Waals surface area contributed by atoms with E-state index in [9.17, 15) is 14.9 Å². The molecular formula is C17H23N3O4. The molecule has 24 heavy (non-hydrogen) atoms. The number of nitro groups is 1. The summed E-state index contributed by atoms with van der Waals surface area (Å²) in [6.07, 6.45) is 1.98. The maximum atomic E-state index is 12.8. The first-order valence-electron chi connectivity index (χ1n) is 8.51. The van der Waals surface area contributed by atoms with Crippen LogP contribution in [0.3, 0.4) is 0 Å². The summed E-state index contributed by atoms with van der Waals surface area (Å²) in [6, 6.07) is 4.47. The smallest absolute Gasteiger partial charge is 0.311 e. The van der Waals surface area contributed by atoms with E-state index in [1.54, 1.807) is 13.0 Å². The number of rotatable bonds is 4. The zero-order valence-corrected chi connectivity index (χ0v) is 13.9. The van der Waals surface area contributed by atoms with Crippen LogP contribution in [0.2, 0.25) is 0 Å². The summed E-state index contributed by atoms with van der Waals surface area (Å²) in [5.74, 6) is 1.35. The summed E-state index contributed by atoms with van der Waals surface area (Å²) in [5.41, 5.74) is 0.203. The Morgan fingerprint density at radius 2 is 2.00 bits per heavy atom. The number of hydrogen-bond acceptors (Lipinski definition) is 5. The van der Waals surface area contributed by atoms with Crippen molar-refractivity contribution in [1.82, 2.24) is 10.2 Å². The van der Waals surface area contributed by atoms with Crippen molar-refractivity contribution in [1.29, 1.82) is 0 Å². The molecule has 2 aliphatic heterocycles. The Morgan fingerprint density at radius 1 is 1.33 bits per heavy atom. The van der Waals surface area contributed by atoms with E-state index in [-0.39, 0.29) is 17.3 Å². The van der Waals surface area contributed by atoms with Gasteiger partial charge in [-0.15, -0.1) is 0 Å². The van der Waals surface area contributed by atoms with Gasteiger partial charge in [0.2, 0.25) is 0 Å². The molecular weight excluding hydrogens is 310 g/mol. The highest BCUT2D eigenvalue weighted by molar-refractivity contribution is 5.95. The molecule has 0 aliphatic carbocycles. The number of nitrogens with one attached hydrogen (secondary N) is 1. The first-order valence-corrected chi connectivity index (χ1v) is 8.51. The second-order valence-electron chi connectivity index (χ2n) is 6.42. The Bertz CT molecular complexity index is 620. The van der Waals surface area contributed by atoms with E-state index in [0.29, 0.717) is 37.1 Å². The molecule has 3 rings (SSSR count). The van der Waals surface area contributed by atoms with Gasteiger partial charge in [-0.25, -0.2) is 0 Å². The van der Waals surface area contributed by atoms with Crippen LogP contribution in [0, 0.1) is 22.0 Å². The summed E-state index contributed by atoms with van der Waals surface area (Å²) < 4.78 is 5.28. The second-order valence-corrected chi connectivity index (χ2v) is 6.42. The quantitative estimate of drug-likeness (QED) is 0.673. The minimum atomic E-state index is -0.500. The van der Waals surface area contributed by atoms with Gasteiger partial charge in [0.25, 0.3) is 5.91 Å². The molecule has 0 unspecified atom stereocenters. The second kappa shape index (κ2) is 7.17. The van der Waals surface area contributed by atoms with Crippen LogP contribution in [0.1, 0.15) is 30.1 Å². The lowest BCUT2D eigenvalue weighted by molar-refractivity contribution is -0.385. The predicted octanol–water partition coefficient (Wildman–Crippen LogP) is 2.07. The van der Waals surface area contributed by atoms with E-state index in [1.807, 2.05) is 4.90 Å². The van der Waals surface area contributed by atoms with E-state index >= 15 is 0 Å². The van der Waals surface area contributed by atoms with Crippen LogP contribution in [0.4, 0.5) is 5.69 Å². The first kappa shape index (κ1) is 16.7. The average Bonchev–Trinajstić information content (AvgIpc) is 2.93. The third-order valence-electron chi connectivity index (χ3n) is 5.01. The molecule has 0 radical (unpaired) electrons. The van der Waals surface area contributed by atoms with Crippen molar-refractivity contribution < 1.29 is 14.5 Å². The molecule has 7 nitrogen and oxygen atoms in total. The molecule has 7 heteroatoms. The maximum absolute atomic E-state index is 12.8. The number of likely N-dealkylation sites (tertiary alicyclic amines) is 1. The van der Waals surface area contributed by atoms with Gasteiger partial charge in [0.05, 0.1) is 11.5 Å². The third-order valence-corrected chi connectivity index (χ3v) is 5.01. The summed E-state index contributed by atoms with van der Waals surface area (Å²) in [5, 5.41) is 14.6. The minimum absolute atomic E-state index is 0.130. The molecule has 2 aliphatic rings. The molecule has 0 spiro atoms. The van der Waals surface area contributed by atoms with Crippen LogP contribution in [0.15, 0.2) is 18.2 Å². The fourth-order valence-corrected chi connectivity index (χ4v) is 3.67. The van der Waals surface area contributed by atoms with Crippen molar-refractivity contribution >= 4 is 11.6 Å². The summed E-state index contributed by atoms with van der Waals surface area (Å²) in [7, 11) is 0. The van der Waals surface area contributed by atoms with Crippen molar-refractivity contribution in [2.45, 2.75) is 19.8 Å². The Kier molecular flexibility index (Phi) is 4.99. The fraction of sp³-hybridized carbons (Fsp3) is 0.588. The van der Waals surface area contributed by atoms with E-state index in [1.165, 1.54) is 12.1 Å². The van der Waals surface area contributed by atoms with Crippen molar-refractivity contribution in [3.05, 3.63) is 33.9 Å². The van der Waals surface area contributed by atoms with Gasteiger partial charge in [0.1, 0.15) is 0 Å². The number of nitro benzene ring substituents is 1. The zero-order valence-electron chi connectivity index (χ0n) is 13.9. The molecule has 2 saturated heterocycles. The van der Waals surface area contributed by atoms with Gasteiger partial charge in [-0.2, -0.15) is 0 Å². The van der Waals surface area contributed by atoms with Crippen molar-refractivity contribution in [3.8, 4) is 5.75 Å². The highest BCUT2D eigenvalue weighted by Crippen LogP contribution is 2.30. The monoisotopic (exact) mass is 333 g/mol. The maximum Gasteiger partial charge on any atom is 0.311 e. The number of hydrogen-bond donors (Lipinski definition) is 1. The Morgan fingerprint density at radius 3 is 2.58 bits per heavy atom. The standard InChI is InChI=1S/C17H23N3O4/c1-2-24-16-4-3-12(9-15(16)20(22)23)17(21)19-7-5-13-10-18-11-14(13)6-8-19/h3-4,9,13-14,18H,2,5-8,10-11H2,1H3/t13-,14+. The summed E-state index contributed by atoms with van der Waals surface area (Å²) in [6.45, 7) is 5.59. The van der Waals surface area contributed by atoms with Crippen LogP contribution in [-0.2, 0) is 0 Å². The Balaban J connectivity index is 1.77. The molecule has 0 aromatic heterocycles. The largest absolute Gasteiger partial charge is 0.487 e. The van der Waals surface area contributed by atoms with Gasteiger partial charge in [-0.1, -0.05) is 0 Å². The Labute approximate surface area is 141 Å². The summed E-state index contributed by atoms with van der Waals surface area (Å²) in [4.78, 5) is 25.3. The topological polar surface area (TPSA) is 84.7 Å². The highest BCUT2D eigenvalue weighted by Gasteiger charge is 2.32. The molecule has 2 fully saturated rings. The van der Waals surface area contributed by atoms with E-state index in [0.717, 1.165) is 25.9 Å². The third kappa shape index (κ3) is 3.36. The van der Waals surface area contributed by atoms with Gasteiger partial charge < -0.3 is 15.0 Å². The molecule has 2 atom stereocenters. The SMILES string of the molecule is CCOc1ccc(C(=O)N2CC[C@@H]3CNC[C@@H]3CC2)cc1[N+](=O)[O-]. The highest BCUT2D eigenvalue weighted by atomic mass is 16.6. The van der Waals surface area contributed by atoms with Crippen molar-refractivity contribution in [2.24, 2.45) is 11.8 Å². The van der Waals surface area contributed by atoms with Crippen molar-refractivity contribution in [3.63, 3.8) is 0 Å². The molecule has 2 heterocycles. The molecule has 1 aromatic carbocycles. The number of carbonyl (C=O) groups excluding carboxylic acids is 1. The number of ether oxygens (including phenoxy) is 1. The van der Waals surface area contributed by atoms with Crippen LogP contribution in [0.25, 0.3) is 0 Å². The van der Waals surface area contributed by atoms with Gasteiger partial charge in [-0.05, 0) is 56.8 Å². The van der Waals surface area contributed by atoms with Crippen LogP contribution < -0.4 is 10.1 Å². The van der Waals surface area contributed by atoms with Crippen LogP contribution in [0.5, 0.6) is 5.75 Å². The molecule has 0 bridgehead atoms. The van der Waals surface area contributed by atoms with Crippen molar-refractivity contribution in [2.75, 3.05) is 32.8 Å². The van der Waals surface area contributed by atoms with Gasteiger partial charge in [-0.3, -0.25) is 14.9 Å². The number of fused-ring (bicyclic) bond motifs is 1. The van der Waals surface area contributed by atoms with Gasteiger partial charge >= 0.3 is 5.69 Å². The van der Waals surface area contributed by atoms with E-state index < -0.39 is 4.92 Å². The molecule has 0 saturated carbocycles. The average molecular weight is 333 g/mol. The Hall–Kier alpha value is -2.15.